The highest BCUT2D eigenvalue weighted by molar-refractivity contribution is 5.82. The van der Waals surface area contributed by atoms with E-state index < -0.39 is 5.60 Å². The minimum absolute atomic E-state index is 0.252. The summed E-state index contributed by atoms with van der Waals surface area (Å²) in [7, 11) is 0. The van der Waals surface area contributed by atoms with Crippen molar-refractivity contribution in [3.8, 4) is 0 Å². The predicted octanol–water partition coefficient (Wildman–Crippen LogP) is 2.88. The summed E-state index contributed by atoms with van der Waals surface area (Å²) >= 11 is 0. The lowest BCUT2D eigenvalue weighted by Gasteiger charge is -2.23. The number of β-amino-alcohol motifs (C(OH)–C–C–N with tert-alkyl or cyclic N) is 1. The lowest BCUT2D eigenvalue weighted by atomic mass is 9.94. The topological polar surface area (TPSA) is 52.1 Å². The third-order valence-electron chi connectivity index (χ3n) is 4.80. The molecule has 0 radical (unpaired) electrons. The Balaban J connectivity index is 1.46. The van der Waals surface area contributed by atoms with Crippen LogP contribution in [0.5, 0.6) is 0 Å². The number of hydrogen-bond donors (Lipinski definition) is 2. The van der Waals surface area contributed by atoms with E-state index in [0.29, 0.717) is 19.4 Å². The van der Waals surface area contributed by atoms with Gasteiger partial charge < -0.3 is 10.1 Å². The Morgan fingerprint density at radius 1 is 1.33 bits per heavy atom. The number of nitrogens with one attached hydrogen (secondary N) is 1. The van der Waals surface area contributed by atoms with Crippen LogP contribution in [0.4, 0.5) is 4.39 Å². The Bertz CT molecular complexity index is 862. The minimum Gasteiger partial charge on any atom is -0.388 e. The van der Waals surface area contributed by atoms with E-state index in [4.69, 9.17) is 0 Å². The van der Waals surface area contributed by atoms with Crippen LogP contribution in [0.1, 0.15) is 17.5 Å². The van der Waals surface area contributed by atoms with Crippen molar-refractivity contribution in [2.45, 2.75) is 25.0 Å². The van der Waals surface area contributed by atoms with Crippen molar-refractivity contribution in [1.82, 2.24) is 14.9 Å². The van der Waals surface area contributed by atoms with Crippen molar-refractivity contribution < 1.29 is 9.50 Å². The molecule has 2 aromatic heterocycles. The summed E-state index contributed by atoms with van der Waals surface area (Å²) in [5.74, 6) is -0.252. The van der Waals surface area contributed by atoms with Crippen molar-refractivity contribution >= 4 is 10.9 Å². The van der Waals surface area contributed by atoms with E-state index in [0.717, 1.165) is 24.2 Å². The first kappa shape index (κ1) is 15.3. The van der Waals surface area contributed by atoms with Crippen LogP contribution in [-0.4, -0.2) is 38.7 Å². The van der Waals surface area contributed by atoms with Crippen LogP contribution >= 0.6 is 0 Å². The van der Waals surface area contributed by atoms with Gasteiger partial charge in [-0.1, -0.05) is 12.1 Å². The fourth-order valence-corrected chi connectivity index (χ4v) is 3.65. The summed E-state index contributed by atoms with van der Waals surface area (Å²) in [6.07, 6.45) is 6.82. The molecule has 1 aromatic carbocycles. The molecular weight excluding hydrogens is 305 g/mol. The number of likely N-dealkylation sites (tertiary alicyclic amines) is 1. The number of hydrogen-bond acceptors (Lipinski definition) is 3. The number of aliphatic hydroxyl groups is 1. The maximum absolute atomic E-state index is 13.3. The van der Waals surface area contributed by atoms with E-state index in [-0.39, 0.29) is 5.82 Å². The van der Waals surface area contributed by atoms with Gasteiger partial charge in [-0.25, -0.2) is 4.39 Å². The van der Waals surface area contributed by atoms with E-state index in [1.54, 1.807) is 12.3 Å². The Labute approximate surface area is 140 Å². The smallest absolute Gasteiger partial charge is 0.123 e. The first-order valence-electron chi connectivity index (χ1n) is 8.20. The molecule has 0 aliphatic carbocycles. The largest absolute Gasteiger partial charge is 0.388 e. The van der Waals surface area contributed by atoms with Crippen molar-refractivity contribution in [2.75, 3.05) is 13.1 Å². The predicted molar refractivity (Wildman–Crippen MR) is 91.0 cm³/mol. The van der Waals surface area contributed by atoms with Gasteiger partial charge in [-0.2, -0.15) is 0 Å². The molecule has 0 amide bonds. The Kier molecular flexibility index (Phi) is 3.82. The van der Waals surface area contributed by atoms with Crippen LogP contribution in [0.2, 0.25) is 0 Å². The highest BCUT2D eigenvalue weighted by atomic mass is 19.1. The Morgan fingerprint density at radius 3 is 3.12 bits per heavy atom. The molecule has 5 heteroatoms. The Morgan fingerprint density at radius 2 is 2.25 bits per heavy atom. The molecule has 2 N–H and O–H groups in total. The van der Waals surface area contributed by atoms with Crippen LogP contribution in [0, 0.1) is 5.82 Å². The van der Waals surface area contributed by atoms with Crippen molar-refractivity contribution in [3.05, 3.63) is 65.9 Å². The molecule has 0 bridgehead atoms. The van der Waals surface area contributed by atoms with Crippen LogP contribution in [0.25, 0.3) is 10.9 Å². The lowest BCUT2D eigenvalue weighted by Crippen LogP contribution is -2.35. The van der Waals surface area contributed by atoms with E-state index in [1.165, 1.54) is 23.1 Å². The number of fused-ring (bicyclic) bond motifs is 1. The number of rotatable bonds is 4. The fourth-order valence-electron chi connectivity index (χ4n) is 3.65. The summed E-state index contributed by atoms with van der Waals surface area (Å²) in [5.41, 5.74) is 2.29. The molecule has 4 rings (SSSR count). The maximum atomic E-state index is 13.3. The molecule has 1 atom stereocenters. The number of aromatic nitrogens is 2. The number of halogens is 1. The van der Waals surface area contributed by atoms with Gasteiger partial charge in [-0.15, -0.1) is 0 Å². The third kappa shape index (κ3) is 3.05. The molecule has 4 nitrogen and oxygen atoms in total. The third-order valence-corrected chi connectivity index (χ3v) is 4.80. The van der Waals surface area contributed by atoms with E-state index in [2.05, 4.69) is 14.9 Å². The minimum atomic E-state index is -0.790. The standard InChI is InChI=1S/C19H20FN3O/c20-16-3-1-2-14(8-16)9-19(24)5-7-23(13-19)12-15-10-22-18-11-21-6-4-17(15)18/h1-4,6,8,10-11,22,24H,5,7,9,12-13H2. The molecule has 3 aromatic rings. The molecule has 24 heavy (non-hydrogen) atoms. The molecule has 1 saturated heterocycles. The number of nitrogens with zero attached hydrogens (tertiary/aromatic N) is 2. The molecule has 1 aliphatic rings. The van der Waals surface area contributed by atoms with Gasteiger partial charge in [0.15, 0.2) is 0 Å². The monoisotopic (exact) mass is 325 g/mol. The van der Waals surface area contributed by atoms with Gasteiger partial charge in [0.25, 0.3) is 0 Å². The SMILES string of the molecule is OC1(Cc2cccc(F)c2)CCN(Cc2c[nH]c3cnccc23)C1. The number of pyridine rings is 1. The summed E-state index contributed by atoms with van der Waals surface area (Å²) in [4.78, 5) is 9.61. The summed E-state index contributed by atoms with van der Waals surface area (Å²) < 4.78 is 13.3. The van der Waals surface area contributed by atoms with Crippen molar-refractivity contribution in [2.24, 2.45) is 0 Å². The van der Waals surface area contributed by atoms with Crippen LogP contribution in [-0.2, 0) is 13.0 Å². The molecule has 1 fully saturated rings. The molecule has 124 valence electrons. The summed E-state index contributed by atoms with van der Waals surface area (Å²) in [6.45, 7) is 2.22. The first-order chi connectivity index (χ1) is 11.6. The molecule has 1 unspecified atom stereocenters. The maximum Gasteiger partial charge on any atom is 0.123 e. The van der Waals surface area contributed by atoms with Gasteiger partial charge in [0.05, 0.1) is 17.3 Å². The van der Waals surface area contributed by atoms with Crippen LogP contribution in [0.3, 0.4) is 0 Å². The van der Waals surface area contributed by atoms with Gasteiger partial charge in [0.2, 0.25) is 0 Å². The average molecular weight is 325 g/mol. The number of aromatic amines is 1. The van der Waals surface area contributed by atoms with E-state index in [1.807, 2.05) is 24.5 Å². The van der Waals surface area contributed by atoms with Crippen molar-refractivity contribution in [1.29, 1.82) is 0 Å². The van der Waals surface area contributed by atoms with Gasteiger partial charge >= 0.3 is 0 Å². The normalized spacial score (nSPS) is 21.6. The molecule has 0 saturated carbocycles. The van der Waals surface area contributed by atoms with Crippen LogP contribution < -0.4 is 0 Å². The van der Waals surface area contributed by atoms with E-state index >= 15 is 0 Å². The second-order valence-corrected chi connectivity index (χ2v) is 6.73. The molecule has 1 aliphatic heterocycles. The van der Waals surface area contributed by atoms with Gasteiger partial charge in [0.1, 0.15) is 5.82 Å². The van der Waals surface area contributed by atoms with Gasteiger partial charge in [-0.05, 0) is 35.7 Å². The molecule has 3 heterocycles. The van der Waals surface area contributed by atoms with E-state index in [9.17, 15) is 9.50 Å². The highest BCUT2D eigenvalue weighted by Crippen LogP contribution is 2.28. The van der Waals surface area contributed by atoms with Gasteiger partial charge in [-0.3, -0.25) is 9.88 Å². The zero-order valence-corrected chi connectivity index (χ0v) is 13.4. The Hall–Kier alpha value is -2.24. The average Bonchev–Trinajstić information content (AvgIpc) is 3.12. The molecule has 0 spiro atoms. The van der Waals surface area contributed by atoms with Crippen molar-refractivity contribution in [3.63, 3.8) is 0 Å². The molecular formula is C19H20FN3O. The first-order valence-corrected chi connectivity index (χ1v) is 8.20. The second kappa shape index (κ2) is 6.00. The fraction of sp³-hybridized carbons (Fsp3) is 0.316. The zero-order valence-electron chi connectivity index (χ0n) is 13.4. The summed E-state index contributed by atoms with van der Waals surface area (Å²) in [6, 6.07) is 8.51. The van der Waals surface area contributed by atoms with Gasteiger partial charge in [0, 0.05) is 43.8 Å². The zero-order chi connectivity index (χ0) is 16.6. The highest BCUT2D eigenvalue weighted by Gasteiger charge is 2.36. The lowest BCUT2D eigenvalue weighted by molar-refractivity contribution is 0.0488. The van der Waals surface area contributed by atoms with Crippen LogP contribution in [0.15, 0.2) is 48.9 Å². The quantitative estimate of drug-likeness (QED) is 0.775. The summed E-state index contributed by atoms with van der Waals surface area (Å²) in [5, 5.41) is 12.0. The number of benzene rings is 1. The second-order valence-electron chi connectivity index (χ2n) is 6.73. The number of H-pyrrole nitrogens is 1.